The van der Waals surface area contributed by atoms with E-state index < -0.39 is 5.60 Å². The van der Waals surface area contributed by atoms with Crippen LogP contribution >= 0.6 is 11.3 Å². The van der Waals surface area contributed by atoms with E-state index >= 15 is 0 Å². The number of hydrogen-bond acceptors (Lipinski definition) is 7. The van der Waals surface area contributed by atoms with Gasteiger partial charge in [0.1, 0.15) is 16.7 Å². The Labute approximate surface area is 251 Å². The minimum absolute atomic E-state index is 0.0229. The summed E-state index contributed by atoms with van der Waals surface area (Å²) in [5.74, 6) is -0.0666. The first kappa shape index (κ1) is 28.7. The molecule has 220 valence electrons. The number of rotatable bonds is 9. The summed E-state index contributed by atoms with van der Waals surface area (Å²) in [6.07, 6.45) is 7.41. The molecule has 2 aliphatic rings. The highest BCUT2D eigenvalue weighted by molar-refractivity contribution is 7.09. The molecule has 9 heteroatoms. The van der Waals surface area contributed by atoms with Crippen LogP contribution in [-0.2, 0) is 11.2 Å². The number of thiazole rings is 1. The molecule has 1 aliphatic carbocycles. The summed E-state index contributed by atoms with van der Waals surface area (Å²) in [7, 11) is 0. The Morgan fingerprint density at radius 2 is 1.93 bits per heavy atom. The second-order valence-electron chi connectivity index (χ2n) is 11.5. The predicted octanol–water partition coefficient (Wildman–Crippen LogP) is 5.29. The van der Waals surface area contributed by atoms with Gasteiger partial charge in [0.05, 0.1) is 24.7 Å². The zero-order chi connectivity index (χ0) is 28.9. The smallest absolute Gasteiger partial charge is 0.275 e. The van der Waals surface area contributed by atoms with Gasteiger partial charge < -0.3 is 24.6 Å². The first-order valence-electron chi connectivity index (χ1n) is 14.9. The number of carbonyl (C=O) groups excluding carboxylic acids is 1. The number of piperazine rings is 1. The third-order valence-electron chi connectivity index (χ3n) is 8.64. The van der Waals surface area contributed by atoms with Crippen molar-refractivity contribution in [2.45, 2.75) is 62.8 Å². The van der Waals surface area contributed by atoms with Crippen LogP contribution in [0, 0.1) is 0 Å². The summed E-state index contributed by atoms with van der Waals surface area (Å²) < 4.78 is 8.28. The van der Waals surface area contributed by atoms with Gasteiger partial charge in [0.25, 0.3) is 5.91 Å². The predicted molar refractivity (Wildman–Crippen MR) is 164 cm³/mol. The number of nitrogens with one attached hydrogen (secondary N) is 1. The Balaban J connectivity index is 1.32. The fourth-order valence-corrected chi connectivity index (χ4v) is 7.06. The number of aromatic nitrogens is 3. The van der Waals surface area contributed by atoms with Crippen molar-refractivity contribution in [3.05, 3.63) is 94.8 Å². The molecule has 0 spiro atoms. The first-order valence-corrected chi connectivity index (χ1v) is 15.8. The van der Waals surface area contributed by atoms with E-state index in [4.69, 9.17) is 9.72 Å². The van der Waals surface area contributed by atoms with Crippen LogP contribution in [0.15, 0.2) is 78.6 Å². The molecule has 1 saturated carbocycles. The Hall–Kier alpha value is -3.37. The number of benzene rings is 2. The van der Waals surface area contributed by atoms with Crippen LogP contribution in [0.2, 0.25) is 0 Å². The van der Waals surface area contributed by atoms with Gasteiger partial charge >= 0.3 is 0 Å². The molecule has 6 rings (SSSR count). The summed E-state index contributed by atoms with van der Waals surface area (Å²) in [5, 5.41) is 18.4. The Morgan fingerprint density at radius 3 is 2.69 bits per heavy atom. The fourth-order valence-electron chi connectivity index (χ4n) is 6.41. The summed E-state index contributed by atoms with van der Waals surface area (Å²) in [6, 6.07) is 20.1. The Bertz CT molecular complexity index is 1450. The quantitative estimate of drug-likeness (QED) is 0.278. The van der Waals surface area contributed by atoms with E-state index in [9.17, 15) is 9.90 Å². The maximum atomic E-state index is 14.3. The molecule has 42 heavy (non-hydrogen) atoms. The largest absolute Gasteiger partial charge is 0.385 e. The van der Waals surface area contributed by atoms with Crippen LogP contribution in [-0.4, -0.2) is 68.3 Å². The van der Waals surface area contributed by atoms with Crippen LogP contribution < -0.4 is 5.32 Å². The van der Waals surface area contributed by atoms with Crippen molar-refractivity contribution in [3.63, 3.8) is 0 Å². The van der Waals surface area contributed by atoms with Crippen molar-refractivity contribution >= 4 is 17.2 Å². The van der Waals surface area contributed by atoms with Crippen molar-refractivity contribution in [2.24, 2.45) is 0 Å². The highest BCUT2D eigenvalue weighted by Crippen LogP contribution is 2.42. The highest BCUT2D eigenvalue weighted by Gasteiger charge is 2.43. The van der Waals surface area contributed by atoms with E-state index in [1.807, 2.05) is 70.3 Å². The maximum Gasteiger partial charge on any atom is 0.275 e. The Kier molecular flexibility index (Phi) is 8.81. The average molecular weight is 586 g/mol. The molecule has 2 aromatic carbocycles. The molecule has 0 bridgehead atoms. The summed E-state index contributed by atoms with van der Waals surface area (Å²) >= 11 is 1.55. The van der Waals surface area contributed by atoms with E-state index in [0.29, 0.717) is 18.7 Å². The summed E-state index contributed by atoms with van der Waals surface area (Å²) in [4.78, 5) is 25.5. The molecular weight excluding hydrogens is 546 g/mol. The van der Waals surface area contributed by atoms with Crippen molar-refractivity contribution in [1.29, 1.82) is 0 Å². The molecule has 1 unspecified atom stereocenters. The SMILES string of the molecule is CC(OC[C@]1(O)CCCC[C@H]1n1cnc(C(=O)N2CCNC[C@H]2Cc2ccccc2)c1-c1ccccc1)c1nccs1. The van der Waals surface area contributed by atoms with Crippen molar-refractivity contribution in [3.8, 4) is 11.3 Å². The van der Waals surface area contributed by atoms with Gasteiger partial charge in [-0.15, -0.1) is 11.3 Å². The van der Waals surface area contributed by atoms with Crippen molar-refractivity contribution < 1.29 is 14.6 Å². The minimum atomic E-state index is -1.10. The van der Waals surface area contributed by atoms with E-state index in [1.165, 1.54) is 5.56 Å². The lowest BCUT2D eigenvalue weighted by molar-refractivity contribution is -0.115. The lowest BCUT2D eigenvalue weighted by Crippen LogP contribution is -2.54. The van der Waals surface area contributed by atoms with Gasteiger partial charge in [0, 0.05) is 42.8 Å². The van der Waals surface area contributed by atoms with E-state index in [1.54, 1.807) is 23.9 Å². The maximum absolute atomic E-state index is 14.3. The molecular formula is C33H39N5O3S. The average Bonchev–Trinajstić information content (AvgIpc) is 3.72. The fraction of sp³-hybridized carbons (Fsp3) is 0.424. The van der Waals surface area contributed by atoms with Gasteiger partial charge in [-0.05, 0) is 31.7 Å². The molecule has 4 aromatic rings. The molecule has 2 fully saturated rings. The van der Waals surface area contributed by atoms with Gasteiger partial charge in [-0.25, -0.2) is 9.97 Å². The Morgan fingerprint density at radius 1 is 1.14 bits per heavy atom. The van der Waals surface area contributed by atoms with Crippen molar-refractivity contribution in [2.75, 3.05) is 26.2 Å². The molecule has 3 heterocycles. The molecule has 1 amide bonds. The van der Waals surface area contributed by atoms with Gasteiger partial charge in [-0.1, -0.05) is 73.5 Å². The van der Waals surface area contributed by atoms with Gasteiger partial charge in [-0.3, -0.25) is 4.79 Å². The summed E-state index contributed by atoms with van der Waals surface area (Å²) in [6.45, 7) is 4.26. The van der Waals surface area contributed by atoms with Crippen LogP contribution in [0.3, 0.4) is 0 Å². The lowest BCUT2D eigenvalue weighted by atomic mass is 9.80. The van der Waals surface area contributed by atoms with E-state index in [0.717, 1.165) is 55.0 Å². The third-order valence-corrected chi connectivity index (χ3v) is 9.58. The second-order valence-corrected chi connectivity index (χ2v) is 12.4. The van der Waals surface area contributed by atoms with Gasteiger partial charge in [-0.2, -0.15) is 0 Å². The third kappa shape index (κ3) is 6.06. The number of ether oxygens (including phenoxy) is 1. The zero-order valence-corrected chi connectivity index (χ0v) is 24.9. The molecule has 4 atom stereocenters. The molecule has 2 N–H and O–H groups in total. The number of imidazole rings is 1. The van der Waals surface area contributed by atoms with Crippen LogP contribution in [0.5, 0.6) is 0 Å². The van der Waals surface area contributed by atoms with Crippen LogP contribution in [0.4, 0.5) is 0 Å². The molecule has 1 saturated heterocycles. The van der Waals surface area contributed by atoms with Crippen LogP contribution in [0.25, 0.3) is 11.3 Å². The lowest BCUT2D eigenvalue weighted by Gasteiger charge is -2.41. The highest BCUT2D eigenvalue weighted by atomic mass is 32.1. The number of hydrogen-bond donors (Lipinski definition) is 2. The number of carbonyl (C=O) groups is 1. The molecule has 8 nitrogen and oxygen atoms in total. The standard InChI is InChI=1S/C33H39N5O3S/c1-24(31-35-17-19-42-31)41-22-33(40)15-9-8-14-28(33)38-23-36-29(30(38)26-12-6-3-7-13-26)32(39)37-18-16-34-21-27(37)20-25-10-4-2-5-11-25/h2-7,10-13,17,19,23-24,27-28,34,40H,8-9,14-16,18,20-22H2,1H3/t24?,27-,28-,33-/m1/s1. The number of nitrogens with zero attached hydrogens (tertiary/aromatic N) is 4. The van der Waals surface area contributed by atoms with Crippen molar-refractivity contribution in [1.82, 2.24) is 24.8 Å². The second kappa shape index (κ2) is 12.9. The topological polar surface area (TPSA) is 92.5 Å². The molecule has 1 aliphatic heterocycles. The van der Waals surface area contributed by atoms with Gasteiger partial charge in [0.2, 0.25) is 0 Å². The first-order chi connectivity index (χ1) is 20.5. The monoisotopic (exact) mass is 585 g/mol. The normalized spacial score (nSPS) is 23.5. The molecule has 0 radical (unpaired) electrons. The number of amides is 1. The summed E-state index contributed by atoms with van der Waals surface area (Å²) in [5.41, 5.74) is 2.22. The minimum Gasteiger partial charge on any atom is -0.385 e. The van der Waals surface area contributed by atoms with Gasteiger partial charge in [0.15, 0.2) is 5.69 Å². The van der Waals surface area contributed by atoms with E-state index in [-0.39, 0.29) is 30.7 Å². The zero-order valence-electron chi connectivity index (χ0n) is 24.1. The van der Waals surface area contributed by atoms with E-state index in [2.05, 4.69) is 22.4 Å². The molecule has 2 aromatic heterocycles. The number of aliphatic hydroxyl groups is 1. The van der Waals surface area contributed by atoms with Crippen LogP contribution in [0.1, 0.15) is 65.8 Å².